The third-order valence-electron chi connectivity index (χ3n) is 3.13. The molecule has 1 fully saturated rings. The molecule has 0 atom stereocenters. The fraction of sp³-hybridized carbons (Fsp3) is 0.636. The predicted molar refractivity (Wildman–Crippen MR) is 65.5 cm³/mol. The van der Waals surface area contributed by atoms with Crippen LogP contribution in [-0.2, 0) is 15.1 Å². The van der Waals surface area contributed by atoms with Gasteiger partial charge in [0.25, 0.3) is 0 Å². The number of rotatable bonds is 2. The first-order valence-corrected chi connectivity index (χ1v) is 6.18. The van der Waals surface area contributed by atoms with E-state index in [1.807, 2.05) is 0 Å². The van der Waals surface area contributed by atoms with Crippen molar-refractivity contribution >= 4 is 23.2 Å². The normalized spacial score (nSPS) is 19.3. The molecule has 0 aromatic carbocycles. The van der Waals surface area contributed by atoms with Crippen LogP contribution in [0.15, 0.2) is 0 Å². The van der Waals surface area contributed by atoms with Crippen LogP contribution in [0.1, 0.15) is 24.2 Å². The van der Waals surface area contributed by atoms with E-state index < -0.39 is 5.60 Å². The van der Waals surface area contributed by atoms with E-state index >= 15 is 0 Å². The lowest BCUT2D eigenvalue weighted by molar-refractivity contribution is -0.1000. The molecule has 0 unspecified atom stereocenters. The van der Waals surface area contributed by atoms with Gasteiger partial charge < -0.3 is 9.47 Å². The zero-order valence-electron chi connectivity index (χ0n) is 9.80. The van der Waals surface area contributed by atoms with Gasteiger partial charge in [0.2, 0.25) is 0 Å². The molecule has 0 bridgehead atoms. The first-order chi connectivity index (χ1) is 8.09. The van der Waals surface area contributed by atoms with Crippen LogP contribution in [0.5, 0.6) is 0 Å². The highest BCUT2D eigenvalue weighted by atomic mass is 35.5. The Morgan fingerprint density at radius 1 is 1.18 bits per heavy atom. The Bertz CT molecular complexity index is 397. The van der Waals surface area contributed by atoms with E-state index in [2.05, 4.69) is 9.97 Å². The molecule has 0 saturated carbocycles. The summed E-state index contributed by atoms with van der Waals surface area (Å²) in [5.74, 6) is 0.545. The summed E-state index contributed by atoms with van der Waals surface area (Å²) < 4.78 is 10.9. The van der Waals surface area contributed by atoms with E-state index in [0.717, 1.165) is 0 Å². The van der Waals surface area contributed by atoms with E-state index in [4.69, 9.17) is 32.7 Å². The third-order valence-corrected chi connectivity index (χ3v) is 3.86. The molecule has 1 saturated heterocycles. The Kier molecular flexibility index (Phi) is 3.88. The molecule has 1 aromatic rings. The Labute approximate surface area is 110 Å². The van der Waals surface area contributed by atoms with Crippen LogP contribution < -0.4 is 0 Å². The second kappa shape index (κ2) is 5.06. The zero-order valence-corrected chi connectivity index (χ0v) is 11.3. The summed E-state index contributed by atoms with van der Waals surface area (Å²) in [6, 6.07) is 0. The molecule has 4 nitrogen and oxygen atoms in total. The number of methoxy groups -OCH3 is 1. The van der Waals surface area contributed by atoms with Crippen LogP contribution in [0, 0.1) is 6.92 Å². The molecule has 1 aliphatic heterocycles. The number of hydrogen-bond donors (Lipinski definition) is 0. The molecule has 0 N–H and O–H groups in total. The van der Waals surface area contributed by atoms with Crippen molar-refractivity contribution in [3.05, 3.63) is 21.7 Å². The fourth-order valence-electron chi connectivity index (χ4n) is 1.89. The zero-order chi connectivity index (χ0) is 12.5. The van der Waals surface area contributed by atoms with Crippen molar-refractivity contribution in [2.24, 2.45) is 0 Å². The maximum atomic E-state index is 6.03. The van der Waals surface area contributed by atoms with Crippen LogP contribution in [0.4, 0.5) is 0 Å². The number of halogens is 2. The van der Waals surface area contributed by atoms with Gasteiger partial charge in [-0.05, 0) is 6.92 Å². The van der Waals surface area contributed by atoms with Crippen molar-refractivity contribution in [2.45, 2.75) is 25.4 Å². The average molecular weight is 277 g/mol. The lowest BCUT2D eigenvalue weighted by Gasteiger charge is -2.34. The maximum absolute atomic E-state index is 6.03. The summed E-state index contributed by atoms with van der Waals surface area (Å²) in [7, 11) is 1.65. The fourth-order valence-corrected chi connectivity index (χ4v) is 2.28. The van der Waals surface area contributed by atoms with Crippen molar-refractivity contribution in [2.75, 3.05) is 20.3 Å². The molecule has 17 heavy (non-hydrogen) atoms. The molecule has 2 heterocycles. The minimum absolute atomic E-state index is 0.378. The van der Waals surface area contributed by atoms with Gasteiger partial charge in [-0.2, -0.15) is 0 Å². The van der Waals surface area contributed by atoms with Crippen LogP contribution in [0.3, 0.4) is 0 Å². The van der Waals surface area contributed by atoms with Gasteiger partial charge in [-0.3, -0.25) is 0 Å². The smallest absolute Gasteiger partial charge is 0.163 e. The topological polar surface area (TPSA) is 44.2 Å². The molecule has 2 rings (SSSR count). The van der Waals surface area contributed by atoms with E-state index in [1.54, 1.807) is 14.0 Å². The second-order valence-corrected chi connectivity index (χ2v) is 4.78. The standard InChI is InChI=1S/C11H14Cl2N2O2/c1-7-8(12)14-10(15-9(7)13)11(16-2)3-5-17-6-4-11/h3-6H2,1-2H3. The van der Waals surface area contributed by atoms with Crippen LogP contribution in [-0.4, -0.2) is 30.3 Å². The molecule has 0 radical (unpaired) electrons. The van der Waals surface area contributed by atoms with E-state index in [1.165, 1.54) is 0 Å². The molecule has 0 spiro atoms. The van der Waals surface area contributed by atoms with E-state index in [9.17, 15) is 0 Å². The van der Waals surface area contributed by atoms with Gasteiger partial charge in [0.1, 0.15) is 15.9 Å². The van der Waals surface area contributed by atoms with Crippen molar-refractivity contribution in [3.63, 3.8) is 0 Å². The highest BCUT2D eigenvalue weighted by Gasteiger charge is 2.38. The maximum Gasteiger partial charge on any atom is 0.163 e. The van der Waals surface area contributed by atoms with Gasteiger partial charge in [-0.1, -0.05) is 23.2 Å². The highest BCUT2D eigenvalue weighted by Crippen LogP contribution is 2.35. The van der Waals surface area contributed by atoms with E-state index in [-0.39, 0.29) is 0 Å². The minimum atomic E-state index is -0.529. The van der Waals surface area contributed by atoms with Crippen molar-refractivity contribution < 1.29 is 9.47 Å². The Morgan fingerprint density at radius 3 is 2.18 bits per heavy atom. The Hall–Kier alpha value is -0.420. The van der Waals surface area contributed by atoms with Crippen molar-refractivity contribution in [3.8, 4) is 0 Å². The summed E-state index contributed by atoms with van der Waals surface area (Å²) in [6.45, 7) is 3.04. The monoisotopic (exact) mass is 276 g/mol. The van der Waals surface area contributed by atoms with Crippen LogP contribution in [0.2, 0.25) is 10.3 Å². The van der Waals surface area contributed by atoms with Gasteiger partial charge in [-0.25, -0.2) is 9.97 Å². The Morgan fingerprint density at radius 2 is 1.71 bits per heavy atom. The van der Waals surface area contributed by atoms with Crippen molar-refractivity contribution in [1.82, 2.24) is 9.97 Å². The molecule has 0 amide bonds. The van der Waals surface area contributed by atoms with Gasteiger partial charge in [-0.15, -0.1) is 0 Å². The van der Waals surface area contributed by atoms with E-state index in [0.29, 0.717) is 47.7 Å². The summed E-state index contributed by atoms with van der Waals surface area (Å²) in [6.07, 6.45) is 1.42. The molecular weight excluding hydrogens is 263 g/mol. The molecule has 6 heteroatoms. The molecule has 0 aliphatic carbocycles. The number of ether oxygens (including phenoxy) is 2. The predicted octanol–water partition coefficient (Wildman–Crippen LogP) is 2.74. The first kappa shape index (κ1) is 13.0. The number of aromatic nitrogens is 2. The molecule has 1 aromatic heterocycles. The van der Waals surface area contributed by atoms with Crippen molar-refractivity contribution in [1.29, 1.82) is 0 Å². The lowest BCUT2D eigenvalue weighted by Crippen LogP contribution is -2.37. The summed E-state index contributed by atoms with van der Waals surface area (Å²) >= 11 is 12.1. The Balaban J connectivity index is 2.43. The van der Waals surface area contributed by atoms with Gasteiger partial charge >= 0.3 is 0 Å². The van der Waals surface area contributed by atoms with Gasteiger partial charge in [0, 0.05) is 38.7 Å². The largest absolute Gasteiger partial charge is 0.381 e. The number of nitrogens with zero attached hydrogens (tertiary/aromatic N) is 2. The average Bonchev–Trinajstić information content (AvgIpc) is 2.36. The third kappa shape index (κ3) is 2.40. The highest BCUT2D eigenvalue weighted by molar-refractivity contribution is 6.34. The minimum Gasteiger partial charge on any atom is -0.381 e. The first-order valence-electron chi connectivity index (χ1n) is 5.42. The summed E-state index contributed by atoms with van der Waals surface area (Å²) in [5.41, 5.74) is 0.162. The van der Waals surface area contributed by atoms with Crippen LogP contribution in [0.25, 0.3) is 0 Å². The lowest BCUT2D eigenvalue weighted by atomic mass is 9.93. The summed E-state index contributed by atoms with van der Waals surface area (Å²) in [5, 5.41) is 0.755. The SMILES string of the molecule is COC1(c2nc(Cl)c(C)c(Cl)n2)CCOCC1. The number of hydrogen-bond acceptors (Lipinski definition) is 4. The van der Waals surface area contributed by atoms with Gasteiger partial charge in [0.05, 0.1) is 0 Å². The summed E-state index contributed by atoms with van der Waals surface area (Å²) in [4.78, 5) is 8.58. The quantitative estimate of drug-likeness (QED) is 0.780. The van der Waals surface area contributed by atoms with Crippen LogP contribution >= 0.6 is 23.2 Å². The molecule has 1 aliphatic rings. The molecular formula is C11H14Cl2N2O2. The molecule has 94 valence electrons. The van der Waals surface area contributed by atoms with Gasteiger partial charge in [0.15, 0.2) is 5.82 Å². The second-order valence-electron chi connectivity index (χ2n) is 4.06.